The third-order valence-electron chi connectivity index (χ3n) is 2.93. The molecule has 1 aromatic carbocycles. The largest absolute Gasteiger partial charge is 0.288 e. The highest BCUT2D eigenvalue weighted by atomic mass is 32.2. The fourth-order valence-corrected chi connectivity index (χ4v) is 3.30. The van der Waals surface area contributed by atoms with Gasteiger partial charge in [-0.05, 0) is 55.5 Å². The van der Waals surface area contributed by atoms with Crippen molar-refractivity contribution in [2.45, 2.75) is 18.7 Å². The van der Waals surface area contributed by atoms with Crippen LogP contribution in [0.15, 0.2) is 56.2 Å². The molecule has 0 heterocycles. The Kier molecular flexibility index (Phi) is 4.64. The van der Waals surface area contributed by atoms with Crippen LogP contribution in [0.5, 0.6) is 0 Å². The van der Waals surface area contributed by atoms with Crippen LogP contribution in [0.2, 0.25) is 0 Å². The number of ketones is 1. The van der Waals surface area contributed by atoms with E-state index >= 15 is 0 Å². The molecule has 0 N–H and O–H groups in total. The Morgan fingerprint density at radius 1 is 1.14 bits per heavy atom. The second-order valence-corrected chi connectivity index (χ2v) is 7.09. The molecule has 0 atom stereocenters. The number of aryl methyl sites for hydroxylation is 1. The smallest absolute Gasteiger partial charge is 0.282 e. The molecule has 0 aliphatic heterocycles. The Morgan fingerprint density at radius 3 is 2.36 bits per heavy atom. The van der Waals surface area contributed by atoms with Gasteiger partial charge in [0, 0.05) is 0 Å². The van der Waals surface area contributed by atoms with Crippen molar-refractivity contribution in [1.82, 2.24) is 0 Å². The van der Waals surface area contributed by atoms with Crippen LogP contribution in [-0.4, -0.2) is 19.9 Å². The lowest BCUT2D eigenvalue weighted by atomic mass is 10.1. The summed E-state index contributed by atoms with van der Waals surface area (Å²) in [5.74, 6) is -0.293. The van der Waals surface area contributed by atoms with E-state index in [1.807, 2.05) is 6.92 Å². The van der Waals surface area contributed by atoms with Gasteiger partial charge in [-0.25, -0.2) is 0 Å². The molecule has 0 aromatic heterocycles. The first-order valence-corrected chi connectivity index (χ1v) is 8.51. The van der Waals surface area contributed by atoms with Gasteiger partial charge in [0.15, 0.2) is 5.78 Å². The number of hydrogen-bond donors (Lipinski definition) is 0. The molecule has 0 fully saturated rings. The molecule has 0 bridgehead atoms. The van der Waals surface area contributed by atoms with Crippen molar-refractivity contribution in [2.75, 3.05) is 0 Å². The first-order chi connectivity index (χ1) is 10.3. The summed E-state index contributed by atoms with van der Waals surface area (Å²) in [6, 6.07) is 6.33. The predicted molar refractivity (Wildman–Crippen MR) is 85.9 cm³/mol. The molecule has 0 saturated heterocycles. The second-order valence-electron chi connectivity index (χ2n) is 4.66. The van der Waals surface area contributed by atoms with Gasteiger partial charge in [-0.2, -0.15) is 18.1 Å². The third kappa shape index (κ3) is 3.53. The Bertz CT molecular complexity index is 855. The molecule has 5 nitrogen and oxygen atoms in total. The zero-order chi connectivity index (χ0) is 16.3. The lowest BCUT2D eigenvalue weighted by Crippen LogP contribution is -2.12. The van der Waals surface area contributed by atoms with Crippen molar-refractivity contribution in [3.05, 3.63) is 52.5 Å². The van der Waals surface area contributed by atoms with Crippen molar-refractivity contribution in [1.29, 1.82) is 5.26 Å². The van der Waals surface area contributed by atoms with Gasteiger partial charge in [0.05, 0.1) is 15.5 Å². The van der Waals surface area contributed by atoms with E-state index in [0.717, 1.165) is 5.56 Å². The van der Waals surface area contributed by atoms with Crippen LogP contribution >= 0.6 is 11.8 Å². The highest BCUT2D eigenvalue weighted by Crippen LogP contribution is 2.24. The molecule has 0 unspecified atom stereocenters. The number of Topliss-reactive ketones (excluding diaryl/α,β-unsaturated/α-hetero) is 1. The average molecular weight is 332 g/mol. The Balaban J connectivity index is 2.45. The maximum atomic E-state index is 12.3. The molecular weight excluding hydrogens is 320 g/mol. The number of benzene rings is 1. The van der Waals surface area contributed by atoms with Crippen LogP contribution in [0.25, 0.3) is 0 Å². The van der Waals surface area contributed by atoms with E-state index in [2.05, 4.69) is 4.40 Å². The number of sulfonamides is 1. The number of rotatable bonds is 3. The summed E-state index contributed by atoms with van der Waals surface area (Å²) in [5, 5.41) is 10.5. The van der Waals surface area contributed by atoms with Gasteiger partial charge in [0.2, 0.25) is 0 Å². The van der Waals surface area contributed by atoms with Crippen LogP contribution in [0.3, 0.4) is 0 Å². The summed E-state index contributed by atoms with van der Waals surface area (Å²) in [4.78, 5) is 12.1. The van der Waals surface area contributed by atoms with Gasteiger partial charge in [-0.1, -0.05) is 17.7 Å². The molecule has 1 aliphatic rings. The number of hydrogen-bond acceptors (Lipinski definition) is 5. The lowest BCUT2D eigenvalue weighted by Gasteiger charge is -2.09. The normalized spacial score (nSPS) is 17.0. The van der Waals surface area contributed by atoms with E-state index in [9.17, 15) is 13.2 Å². The van der Waals surface area contributed by atoms with Crippen LogP contribution in [-0.2, 0) is 14.8 Å². The summed E-state index contributed by atoms with van der Waals surface area (Å²) in [5.41, 5.74) is 1.42. The van der Waals surface area contributed by atoms with E-state index in [1.165, 1.54) is 24.3 Å². The number of thiocyanates is 1. The predicted octanol–water partition coefficient (Wildman–Crippen LogP) is 2.75. The van der Waals surface area contributed by atoms with Crippen molar-refractivity contribution < 1.29 is 13.2 Å². The van der Waals surface area contributed by atoms with E-state index in [-0.39, 0.29) is 21.3 Å². The minimum Gasteiger partial charge on any atom is -0.288 e. The fourth-order valence-electron chi connectivity index (χ4n) is 1.80. The molecule has 112 valence electrons. The van der Waals surface area contributed by atoms with Gasteiger partial charge in [0.25, 0.3) is 10.0 Å². The summed E-state index contributed by atoms with van der Waals surface area (Å²) in [7, 11) is -3.86. The van der Waals surface area contributed by atoms with Gasteiger partial charge in [-0.3, -0.25) is 4.79 Å². The van der Waals surface area contributed by atoms with Gasteiger partial charge in [0.1, 0.15) is 5.40 Å². The van der Waals surface area contributed by atoms with E-state index < -0.39 is 10.0 Å². The minimum atomic E-state index is -3.86. The third-order valence-corrected chi connectivity index (χ3v) is 4.86. The molecule has 0 spiro atoms. The summed E-state index contributed by atoms with van der Waals surface area (Å²) >= 11 is 0.692. The van der Waals surface area contributed by atoms with Crippen molar-refractivity contribution in [3.63, 3.8) is 0 Å². The number of nitrogens with zero attached hydrogens (tertiary/aromatic N) is 2. The molecular formula is C15H12N2O3S2. The molecule has 1 aliphatic carbocycles. The zero-order valence-corrected chi connectivity index (χ0v) is 13.5. The molecule has 22 heavy (non-hydrogen) atoms. The van der Waals surface area contributed by atoms with Gasteiger partial charge >= 0.3 is 0 Å². The molecule has 1 aromatic rings. The van der Waals surface area contributed by atoms with E-state index in [1.54, 1.807) is 24.5 Å². The fraction of sp³-hybridized carbons (Fsp3) is 0.133. The van der Waals surface area contributed by atoms with Crippen molar-refractivity contribution >= 4 is 33.3 Å². The zero-order valence-electron chi connectivity index (χ0n) is 11.9. The molecule has 7 heteroatoms. The van der Waals surface area contributed by atoms with Crippen molar-refractivity contribution in [3.8, 4) is 5.40 Å². The molecule has 0 saturated carbocycles. The van der Waals surface area contributed by atoms with Crippen LogP contribution in [0.1, 0.15) is 12.5 Å². The van der Waals surface area contributed by atoms with Crippen LogP contribution < -0.4 is 0 Å². The number of thioether (sulfide) groups is 1. The highest BCUT2D eigenvalue weighted by Gasteiger charge is 2.20. The average Bonchev–Trinajstić information content (AvgIpc) is 2.44. The minimum absolute atomic E-state index is 0.0800. The van der Waals surface area contributed by atoms with Gasteiger partial charge < -0.3 is 0 Å². The highest BCUT2D eigenvalue weighted by molar-refractivity contribution is 8.08. The number of nitriles is 1. The summed E-state index contributed by atoms with van der Waals surface area (Å²) in [6.45, 7) is 3.41. The first kappa shape index (κ1) is 16.2. The Morgan fingerprint density at radius 2 is 1.77 bits per heavy atom. The monoisotopic (exact) mass is 332 g/mol. The standard InChI is InChI=1S/C15H12N2O3S2/c1-10-3-5-13(6-4-10)22(19,20)17-12-7-11(2)15(18)14(8-12)21-9-16/h3-8H,1-2H3/b17-12+. The van der Waals surface area contributed by atoms with E-state index in [0.29, 0.717) is 17.3 Å². The molecule has 0 radical (unpaired) electrons. The second kappa shape index (κ2) is 6.30. The van der Waals surface area contributed by atoms with Gasteiger partial charge in [-0.15, -0.1) is 0 Å². The Hall–Kier alpha value is -2.17. The van der Waals surface area contributed by atoms with Crippen LogP contribution in [0, 0.1) is 17.6 Å². The Labute approximate surface area is 133 Å². The number of allylic oxidation sites excluding steroid dienone is 4. The van der Waals surface area contributed by atoms with Crippen molar-refractivity contribution in [2.24, 2.45) is 4.40 Å². The first-order valence-electron chi connectivity index (χ1n) is 6.26. The summed E-state index contributed by atoms with van der Waals surface area (Å²) < 4.78 is 28.3. The molecule has 2 rings (SSSR count). The number of carbonyl (C=O) groups excluding carboxylic acids is 1. The summed E-state index contributed by atoms with van der Waals surface area (Å²) in [6.07, 6.45) is 2.71. The SMILES string of the molecule is CC1=C/C(=N\S(=O)(=O)c2ccc(C)cc2)C=C(SC#N)C1=O. The maximum absolute atomic E-state index is 12.3. The topological polar surface area (TPSA) is 87.4 Å². The lowest BCUT2D eigenvalue weighted by molar-refractivity contribution is -0.111. The van der Waals surface area contributed by atoms with Crippen LogP contribution in [0.4, 0.5) is 0 Å². The maximum Gasteiger partial charge on any atom is 0.282 e. The molecule has 0 amide bonds. The van der Waals surface area contributed by atoms with E-state index in [4.69, 9.17) is 5.26 Å². The quantitative estimate of drug-likeness (QED) is 0.627. The number of carbonyl (C=O) groups is 1.